The SMILES string of the molecule is CC(C)N(Cc1ccccc1)Cc1cc(N)ccc1Br. The van der Waals surface area contributed by atoms with Crippen molar-refractivity contribution in [2.75, 3.05) is 5.73 Å². The lowest BCUT2D eigenvalue weighted by atomic mass is 10.1. The Morgan fingerprint density at radius 3 is 2.40 bits per heavy atom. The summed E-state index contributed by atoms with van der Waals surface area (Å²) in [6.45, 7) is 6.28. The lowest BCUT2D eigenvalue weighted by molar-refractivity contribution is 0.203. The van der Waals surface area contributed by atoms with Crippen LogP contribution in [0.5, 0.6) is 0 Å². The van der Waals surface area contributed by atoms with E-state index in [4.69, 9.17) is 5.73 Å². The number of hydrogen-bond donors (Lipinski definition) is 1. The van der Waals surface area contributed by atoms with Crippen LogP contribution in [0, 0.1) is 0 Å². The molecule has 0 saturated carbocycles. The summed E-state index contributed by atoms with van der Waals surface area (Å²) < 4.78 is 1.12. The Balaban J connectivity index is 2.15. The standard InChI is InChI=1S/C17H21BrN2/c1-13(2)20(11-14-6-4-3-5-7-14)12-15-10-16(19)8-9-17(15)18/h3-10,13H,11-12,19H2,1-2H3. The van der Waals surface area contributed by atoms with Gasteiger partial charge in [0.05, 0.1) is 0 Å². The third-order valence-electron chi connectivity index (χ3n) is 3.40. The molecule has 0 fully saturated rings. The molecular formula is C17H21BrN2. The van der Waals surface area contributed by atoms with Crippen molar-refractivity contribution < 1.29 is 0 Å². The molecule has 2 N–H and O–H groups in total. The van der Waals surface area contributed by atoms with Crippen molar-refractivity contribution in [2.45, 2.75) is 33.0 Å². The van der Waals surface area contributed by atoms with E-state index in [9.17, 15) is 0 Å². The number of rotatable bonds is 5. The van der Waals surface area contributed by atoms with Gasteiger partial charge in [-0.1, -0.05) is 46.3 Å². The first-order valence-electron chi connectivity index (χ1n) is 6.88. The molecule has 2 aromatic carbocycles. The summed E-state index contributed by atoms with van der Waals surface area (Å²) >= 11 is 3.61. The Morgan fingerprint density at radius 1 is 1.05 bits per heavy atom. The zero-order chi connectivity index (χ0) is 14.5. The fraction of sp³-hybridized carbons (Fsp3) is 0.294. The molecule has 20 heavy (non-hydrogen) atoms. The van der Waals surface area contributed by atoms with Gasteiger partial charge in [-0.3, -0.25) is 4.90 Å². The molecule has 106 valence electrons. The van der Waals surface area contributed by atoms with Crippen molar-refractivity contribution in [3.05, 3.63) is 64.1 Å². The molecule has 0 amide bonds. The van der Waals surface area contributed by atoms with Gasteiger partial charge in [0.2, 0.25) is 0 Å². The van der Waals surface area contributed by atoms with E-state index in [1.165, 1.54) is 11.1 Å². The van der Waals surface area contributed by atoms with Crippen LogP contribution in [0.4, 0.5) is 5.69 Å². The maximum Gasteiger partial charge on any atom is 0.0318 e. The molecule has 0 unspecified atom stereocenters. The molecule has 0 aliphatic rings. The van der Waals surface area contributed by atoms with Gasteiger partial charge in [0.25, 0.3) is 0 Å². The van der Waals surface area contributed by atoms with Gasteiger partial charge in [0.15, 0.2) is 0 Å². The lowest BCUT2D eigenvalue weighted by Gasteiger charge is -2.27. The Hall–Kier alpha value is -1.32. The molecule has 0 spiro atoms. The van der Waals surface area contributed by atoms with Gasteiger partial charge in [0.1, 0.15) is 0 Å². The highest BCUT2D eigenvalue weighted by Crippen LogP contribution is 2.23. The van der Waals surface area contributed by atoms with Crippen molar-refractivity contribution in [3.8, 4) is 0 Å². The van der Waals surface area contributed by atoms with Crippen molar-refractivity contribution in [3.63, 3.8) is 0 Å². The first-order valence-corrected chi connectivity index (χ1v) is 7.67. The number of nitrogens with zero attached hydrogens (tertiary/aromatic N) is 1. The maximum atomic E-state index is 5.89. The van der Waals surface area contributed by atoms with Gasteiger partial charge in [-0.15, -0.1) is 0 Å². The minimum absolute atomic E-state index is 0.475. The van der Waals surface area contributed by atoms with Gasteiger partial charge in [-0.2, -0.15) is 0 Å². The molecule has 0 aliphatic carbocycles. The Kier molecular flexibility index (Phi) is 5.21. The van der Waals surface area contributed by atoms with E-state index in [1.54, 1.807) is 0 Å². The molecule has 0 aliphatic heterocycles. The molecular weight excluding hydrogens is 312 g/mol. The molecule has 0 aromatic heterocycles. The highest BCUT2D eigenvalue weighted by atomic mass is 79.9. The number of benzene rings is 2. The molecule has 0 heterocycles. The van der Waals surface area contributed by atoms with Crippen molar-refractivity contribution in [1.82, 2.24) is 4.90 Å². The smallest absolute Gasteiger partial charge is 0.0318 e. The molecule has 0 atom stereocenters. The van der Waals surface area contributed by atoms with Gasteiger partial charge < -0.3 is 5.73 Å². The van der Waals surface area contributed by atoms with Gasteiger partial charge in [0, 0.05) is 29.3 Å². The second-order valence-corrected chi connectivity index (χ2v) is 6.19. The van der Waals surface area contributed by atoms with Crippen LogP contribution in [0.3, 0.4) is 0 Å². The molecule has 2 rings (SSSR count). The fourth-order valence-electron chi connectivity index (χ4n) is 2.17. The van der Waals surface area contributed by atoms with Crippen molar-refractivity contribution in [2.24, 2.45) is 0 Å². The first kappa shape index (κ1) is 15.1. The summed E-state index contributed by atoms with van der Waals surface area (Å²) in [7, 11) is 0. The van der Waals surface area contributed by atoms with Crippen LogP contribution in [-0.4, -0.2) is 10.9 Å². The second kappa shape index (κ2) is 6.91. The van der Waals surface area contributed by atoms with Crippen LogP contribution in [0.2, 0.25) is 0 Å². The number of nitrogens with two attached hydrogens (primary N) is 1. The van der Waals surface area contributed by atoms with E-state index in [0.717, 1.165) is 23.2 Å². The largest absolute Gasteiger partial charge is 0.399 e. The molecule has 3 heteroatoms. The van der Waals surface area contributed by atoms with E-state index in [2.05, 4.69) is 65.0 Å². The first-order chi connectivity index (χ1) is 9.56. The third-order valence-corrected chi connectivity index (χ3v) is 4.18. The zero-order valence-corrected chi connectivity index (χ0v) is 13.6. The van der Waals surface area contributed by atoms with E-state index in [0.29, 0.717) is 6.04 Å². The van der Waals surface area contributed by atoms with Gasteiger partial charge >= 0.3 is 0 Å². The molecule has 0 saturated heterocycles. The Bertz CT molecular complexity index is 552. The average Bonchev–Trinajstić information content (AvgIpc) is 2.43. The van der Waals surface area contributed by atoms with Crippen LogP contribution in [0.25, 0.3) is 0 Å². The number of halogens is 1. The number of anilines is 1. The van der Waals surface area contributed by atoms with E-state index in [-0.39, 0.29) is 0 Å². The molecule has 2 aromatic rings. The van der Waals surface area contributed by atoms with Crippen LogP contribution >= 0.6 is 15.9 Å². The quantitative estimate of drug-likeness (QED) is 0.820. The highest BCUT2D eigenvalue weighted by molar-refractivity contribution is 9.10. The average molecular weight is 333 g/mol. The minimum Gasteiger partial charge on any atom is -0.399 e. The summed E-state index contributed by atoms with van der Waals surface area (Å²) in [4.78, 5) is 2.44. The van der Waals surface area contributed by atoms with Crippen LogP contribution in [0.15, 0.2) is 53.0 Å². The number of nitrogen functional groups attached to an aromatic ring is 1. The van der Waals surface area contributed by atoms with Gasteiger partial charge in [-0.25, -0.2) is 0 Å². The normalized spacial score (nSPS) is 11.2. The Labute approximate surface area is 129 Å². The Morgan fingerprint density at radius 2 is 1.75 bits per heavy atom. The molecule has 0 radical (unpaired) electrons. The highest BCUT2D eigenvalue weighted by Gasteiger charge is 2.12. The van der Waals surface area contributed by atoms with Gasteiger partial charge in [-0.05, 0) is 43.2 Å². The maximum absolute atomic E-state index is 5.89. The minimum atomic E-state index is 0.475. The predicted octanol–water partition coefficient (Wildman–Crippen LogP) is 4.44. The lowest BCUT2D eigenvalue weighted by Crippen LogP contribution is -2.30. The summed E-state index contributed by atoms with van der Waals surface area (Å²) in [5.41, 5.74) is 9.27. The summed E-state index contributed by atoms with van der Waals surface area (Å²) in [5, 5.41) is 0. The summed E-state index contributed by atoms with van der Waals surface area (Å²) in [6.07, 6.45) is 0. The topological polar surface area (TPSA) is 29.3 Å². The third kappa shape index (κ3) is 4.09. The van der Waals surface area contributed by atoms with Crippen LogP contribution in [-0.2, 0) is 13.1 Å². The second-order valence-electron chi connectivity index (χ2n) is 5.34. The summed E-state index contributed by atoms with van der Waals surface area (Å²) in [6, 6.07) is 17.0. The fourth-order valence-corrected chi connectivity index (χ4v) is 2.55. The van der Waals surface area contributed by atoms with E-state index < -0.39 is 0 Å². The molecule has 0 bridgehead atoms. The van der Waals surface area contributed by atoms with Crippen LogP contribution < -0.4 is 5.73 Å². The monoisotopic (exact) mass is 332 g/mol. The molecule has 2 nitrogen and oxygen atoms in total. The van der Waals surface area contributed by atoms with Crippen molar-refractivity contribution >= 4 is 21.6 Å². The number of hydrogen-bond acceptors (Lipinski definition) is 2. The zero-order valence-electron chi connectivity index (χ0n) is 12.0. The summed E-state index contributed by atoms with van der Waals surface area (Å²) in [5.74, 6) is 0. The van der Waals surface area contributed by atoms with Crippen molar-refractivity contribution in [1.29, 1.82) is 0 Å². The predicted molar refractivity (Wildman–Crippen MR) is 89.4 cm³/mol. The van der Waals surface area contributed by atoms with E-state index in [1.807, 2.05) is 18.2 Å². The van der Waals surface area contributed by atoms with E-state index >= 15 is 0 Å². The van der Waals surface area contributed by atoms with Crippen LogP contribution in [0.1, 0.15) is 25.0 Å².